The van der Waals surface area contributed by atoms with E-state index in [0.717, 1.165) is 21.4 Å². The maximum Gasteiger partial charge on any atom is 0.203 e. The molecule has 0 spiro atoms. The summed E-state index contributed by atoms with van der Waals surface area (Å²) < 4.78 is 0. The van der Waals surface area contributed by atoms with Crippen molar-refractivity contribution in [3.8, 4) is 0 Å². The molecule has 0 aliphatic heterocycles. The first-order valence-electron chi connectivity index (χ1n) is 5.14. The number of nitrogens with zero attached hydrogens (tertiary/aromatic N) is 2. The minimum atomic E-state index is 0.723. The fraction of sp³-hybridized carbons (Fsp3) is 0.167. The Hall–Kier alpha value is -1.39. The molecule has 0 saturated carbocycles. The molecule has 1 aromatic carbocycles. The highest BCUT2D eigenvalue weighted by Crippen LogP contribution is 2.20. The molecule has 0 atom stereocenters. The van der Waals surface area contributed by atoms with E-state index in [4.69, 9.17) is 11.6 Å². The molecule has 0 fully saturated rings. The first-order chi connectivity index (χ1) is 8.15. The average molecular weight is 266 g/mol. The summed E-state index contributed by atoms with van der Waals surface area (Å²) in [6.07, 6.45) is 1.74. The summed E-state index contributed by atoms with van der Waals surface area (Å²) >= 11 is 7.39. The molecule has 3 nitrogen and oxygen atoms in total. The second-order valence-electron chi connectivity index (χ2n) is 3.58. The van der Waals surface area contributed by atoms with Gasteiger partial charge in [-0.05, 0) is 31.5 Å². The van der Waals surface area contributed by atoms with Gasteiger partial charge in [0, 0.05) is 9.90 Å². The Labute approximate surface area is 109 Å². The first kappa shape index (κ1) is 12.1. The van der Waals surface area contributed by atoms with Crippen molar-refractivity contribution in [3.05, 3.63) is 45.4 Å². The topological polar surface area (TPSA) is 37.3 Å². The van der Waals surface area contributed by atoms with E-state index in [1.54, 1.807) is 17.6 Å². The number of anilines is 1. The third kappa shape index (κ3) is 3.28. The van der Waals surface area contributed by atoms with Crippen LogP contribution in [0.3, 0.4) is 0 Å². The number of aryl methyl sites for hydroxylation is 2. The lowest BCUT2D eigenvalue weighted by Crippen LogP contribution is -1.89. The van der Waals surface area contributed by atoms with Gasteiger partial charge in [-0.3, -0.25) is 5.43 Å². The lowest BCUT2D eigenvalue weighted by atomic mass is 10.2. The molecule has 0 saturated heterocycles. The average Bonchev–Trinajstić information content (AvgIpc) is 2.61. The van der Waals surface area contributed by atoms with Crippen LogP contribution in [-0.2, 0) is 0 Å². The molecule has 5 heteroatoms. The lowest BCUT2D eigenvalue weighted by Gasteiger charge is -1.94. The number of thiazole rings is 1. The summed E-state index contributed by atoms with van der Waals surface area (Å²) in [5.74, 6) is 0. The Morgan fingerprint density at radius 1 is 1.29 bits per heavy atom. The maximum atomic E-state index is 5.79. The first-order valence-corrected chi connectivity index (χ1v) is 6.33. The largest absolute Gasteiger partial charge is 0.253 e. The smallest absolute Gasteiger partial charge is 0.203 e. The van der Waals surface area contributed by atoms with Crippen LogP contribution in [0.5, 0.6) is 0 Å². The van der Waals surface area contributed by atoms with Gasteiger partial charge in [-0.15, -0.1) is 11.3 Å². The molecule has 2 aromatic rings. The van der Waals surface area contributed by atoms with Gasteiger partial charge in [0.05, 0.1) is 11.9 Å². The summed E-state index contributed by atoms with van der Waals surface area (Å²) in [5, 5.41) is 5.66. The number of nitrogens with one attached hydrogen (secondary N) is 1. The molecule has 0 aliphatic rings. The second-order valence-corrected chi connectivity index (χ2v) is 5.22. The Kier molecular flexibility index (Phi) is 3.76. The van der Waals surface area contributed by atoms with Crippen LogP contribution in [-0.4, -0.2) is 11.2 Å². The number of aromatic nitrogens is 1. The van der Waals surface area contributed by atoms with E-state index < -0.39 is 0 Å². The van der Waals surface area contributed by atoms with Crippen LogP contribution in [0.25, 0.3) is 0 Å². The number of rotatable bonds is 3. The van der Waals surface area contributed by atoms with Gasteiger partial charge in [0.25, 0.3) is 0 Å². The molecule has 17 heavy (non-hydrogen) atoms. The highest BCUT2D eigenvalue weighted by Gasteiger charge is 2.00. The van der Waals surface area contributed by atoms with Crippen LogP contribution in [0.1, 0.15) is 16.1 Å². The number of hydrogen-bond acceptors (Lipinski definition) is 4. The van der Waals surface area contributed by atoms with Crippen molar-refractivity contribution in [2.45, 2.75) is 13.8 Å². The highest BCUT2D eigenvalue weighted by atomic mass is 35.5. The molecule has 0 unspecified atom stereocenters. The molecule has 0 radical (unpaired) electrons. The predicted molar refractivity (Wildman–Crippen MR) is 74.3 cm³/mol. The third-order valence-corrected chi connectivity index (χ3v) is 3.50. The van der Waals surface area contributed by atoms with Crippen molar-refractivity contribution in [2.75, 3.05) is 5.43 Å². The molecule has 0 amide bonds. The number of hydrazone groups is 1. The van der Waals surface area contributed by atoms with Crippen molar-refractivity contribution in [1.82, 2.24) is 4.98 Å². The van der Waals surface area contributed by atoms with E-state index >= 15 is 0 Å². The van der Waals surface area contributed by atoms with Crippen LogP contribution < -0.4 is 5.43 Å². The zero-order valence-corrected chi connectivity index (χ0v) is 11.1. The monoisotopic (exact) mass is 265 g/mol. The lowest BCUT2D eigenvalue weighted by molar-refractivity contribution is 1.20. The highest BCUT2D eigenvalue weighted by molar-refractivity contribution is 7.15. The number of hydrogen-bond donors (Lipinski definition) is 1. The minimum Gasteiger partial charge on any atom is -0.253 e. The van der Waals surface area contributed by atoms with Crippen LogP contribution >= 0.6 is 22.9 Å². The van der Waals surface area contributed by atoms with E-state index in [1.165, 1.54) is 4.88 Å². The fourth-order valence-corrected chi connectivity index (χ4v) is 2.12. The summed E-state index contributed by atoms with van der Waals surface area (Å²) in [5.41, 5.74) is 4.95. The van der Waals surface area contributed by atoms with Crippen LogP contribution in [0.4, 0.5) is 5.13 Å². The van der Waals surface area contributed by atoms with Crippen molar-refractivity contribution in [3.63, 3.8) is 0 Å². The van der Waals surface area contributed by atoms with E-state index in [1.807, 2.05) is 38.1 Å². The fourth-order valence-electron chi connectivity index (χ4n) is 1.23. The molecule has 88 valence electrons. The number of halogens is 1. The van der Waals surface area contributed by atoms with Gasteiger partial charge in [-0.25, -0.2) is 4.98 Å². The van der Waals surface area contributed by atoms with Crippen LogP contribution in [0, 0.1) is 13.8 Å². The maximum absolute atomic E-state index is 5.79. The van der Waals surface area contributed by atoms with Crippen molar-refractivity contribution < 1.29 is 0 Å². The van der Waals surface area contributed by atoms with Crippen molar-refractivity contribution >= 4 is 34.3 Å². The van der Waals surface area contributed by atoms with Crippen LogP contribution in [0.2, 0.25) is 5.02 Å². The molecule has 2 rings (SSSR count). The van der Waals surface area contributed by atoms with E-state index in [9.17, 15) is 0 Å². The van der Waals surface area contributed by atoms with Gasteiger partial charge in [0.15, 0.2) is 0 Å². The normalized spacial score (nSPS) is 11.0. The number of benzene rings is 1. The molecule has 1 aromatic heterocycles. The molecule has 1 heterocycles. The Balaban J connectivity index is 2.00. The third-order valence-electron chi connectivity index (χ3n) is 2.27. The van der Waals surface area contributed by atoms with E-state index in [2.05, 4.69) is 15.5 Å². The Bertz CT molecular complexity index is 512. The van der Waals surface area contributed by atoms with Crippen LogP contribution in [0.15, 0.2) is 29.4 Å². The SMILES string of the molecule is Cc1nc(N/N=C/c2ccc(Cl)cc2)sc1C. The second kappa shape index (κ2) is 5.29. The van der Waals surface area contributed by atoms with E-state index in [-0.39, 0.29) is 0 Å². The van der Waals surface area contributed by atoms with E-state index in [0.29, 0.717) is 0 Å². The summed E-state index contributed by atoms with van der Waals surface area (Å²) in [4.78, 5) is 5.53. The summed E-state index contributed by atoms with van der Waals surface area (Å²) in [6, 6.07) is 7.49. The molecule has 1 N–H and O–H groups in total. The minimum absolute atomic E-state index is 0.723. The molecular weight excluding hydrogens is 254 g/mol. The quantitative estimate of drug-likeness (QED) is 0.676. The van der Waals surface area contributed by atoms with Gasteiger partial charge >= 0.3 is 0 Å². The van der Waals surface area contributed by atoms with Crippen molar-refractivity contribution in [2.24, 2.45) is 5.10 Å². The van der Waals surface area contributed by atoms with Gasteiger partial charge in [0.2, 0.25) is 5.13 Å². The summed E-state index contributed by atoms with van der Waals surface area (Å²) in [7, 11) is 0. The van der Waals surface area contributed by atoms with Gasteiger partial charge < -0.3 is 0 Å². The molecule has 0 bridgehead atoms. The zero-order valence-electron chi connectivity index (χ0n) is 9.57. The predicted octanol–water partition coefficient (Wildman–Crippen LogP) is 3.86. The van der Waals surface area contributed by atoms with Gasteiger partial charge in [-0.1, -0.05) is 23.7 Å². The van der Waals surface area contributed by atoms with Gasteiger partial charge in [0.1, 0.15) is 0 Å². The van der Waals surface area contributed by atoms with Gasteiger partial charge in [-0.2, -0.15) is 5.10 Å². The Morgan fingerprint density at radius 2 is 2.00 bits per heavy atom. The molecule has 0 aliphatic carbocycles. The standard InChI is InChI=1S/C12H12ClN3S/c1-8-9(2)17-12(15-8)16-14-7-10-3-5-11(13)6-4-10/h3-7H,1-2H3,(H,15,16)/b14-7+. The summed E-state index contributed by atoms with van der Waals surface area (Å²) in [6.45, 7) is 4.03. The molecular formula is C12H12ClN3S. The zero-order chi connectivity index (χ0) is 12.3. The Morgan fingerprint density at radius 3 is 2.59 bits per heavy atom. The van der Waals surface area contributed by atoms with Crippen molar-refractivity contribution in [1.29, 1.82) is 0 Å².